The number of aromatic nitrogens is 1. The van der Waals surface area contributed by atoms with E-state index in [0.717, 1.165) is 18.5 Å². The zero-order valence-corrected chi connectivity index (χ0v) is 9.90. The molecule has 1 fully saturated rings. The topological polar surface area (TPSA) is 47.2 Å². The first-order valence-electron chi connectivity index (χ1n) is 6.06. The molecule has 0 amide bonds. The van der Waals surface area contributed by atoms with E-state index in [1.54, 1.807) is 11.6 Å². The predicted molar refractivity (Wildman–Crippen MR) is 66.2 cm³/mol. The highest BCUT2D eigenvalue weighted by molar-refractivity contribution is 5.73. The van der Waals surface area contributed by atoms with Crippen LogP contribution in [0.1, 0.15) is 18.4 Å². The van der Waals surface area contributed by atoms with Gasteiger partial charge in [0.2, 0.25) is 0 Å². The molecular formula is C13H16N2O2. The van der Waals surface area contributed by atoms with Gasteiger partial charge in [-0.25, -0.2) is 4.79 Å². The Morgan fingerprint density at radius 1 is 1.53 bits per heavy atom. The third kappa shape index (κ3) is 1.89. The van der Waals surface area contributed by atoms with E-state index in [2.05, 4.69) is 11.4 Å². The summed E-state index contributed by atoms with van der Waals surface area (Å²) in [7, 11) is 1.74. The second-order valence-corrected chi connectivity index (χ2v) is 4.73. The van der Waals surface area contributed by atoms with Crippen molar-refractivity contribution >= 4 is 11.1 Å². The molecule has 90 valence electrons. The second-order valence-electron chi connectivity index (χ2n) is 4.73. The van der Waals surface area contributed by atoms with Gasteiger partial charge >= 0.3 is 5.76 Å². The fourth-order valence-electron chi connectivity index (χ4n) is 2.51. The van der Waals surface area contributed by atoms with E-state index in [1.807, 2.05) is 12.1 Å². The van der Waals surface area contributed by atoms with E-state index < -0.39 is 0 Å². The van der Waals surface area contributed by atoms with E-state index in [9.17, 15) is 4.79 Å². The molecule has 1 aliphatic heterocycles. The number of hydrogen-bond donors (Lipinski definition) is 1. The third-order valence-electron chi connectivity index (χ3n) is 3.50. The summed E-state index contributed by atoms with van der Waals surface area (Å²) in [4.78, 5) is 11.4. The minimum Gasteiger partial charge on any atom is -0.408 e. The van der Waals surface area contributed by atoms with Gasteiger partial charge in [-0.05, 0) is 43.5 Å². The molecule has 1 saturated heterocycles. The van der Waals surface area contributed by atoms with Crippen molar-refractivity contribution in [2.75, 3.05) is 6.54 Å². The Bertz CT molecular complexity index is 591. The zero-order chi connectivity index (χ0) is 11.8. The molecular weight excluding hydrogens is 216 g/mol. The average Bonchev–Trinajstić information content (AvgIpc) is 2.91. The summed E-state index contributed by atoms with van der Waals surface area (Å²) in [6.45, 7) is 1.12. The molecule has 1 aromatic heterocycles. The highest BCUT2D eigenvalue weighted by Crippen LogP contribution is 2.17. The molecule has 17 heavy (non-hydrogen) atoms. The van der Waals surface area contributed by atoms with E-state index in [1.165, 1.54) is 18.4 Å². The molecule has 0 radical (unpaired) electrons. The van der Waals surface area contributed by atoms with Gasteiger partial charge in [-0.3, -0.25) is 4.57 Å². The Hall–Kier alpha value is -1.55. The predicted octanol–water partition coefficient (Wildman–Crippen LogP) is 1.43. The highest BCUT2D eigenvalue weighted by Gasteiger charge is 2.15. The Balaban J connectivity index is 1.95. The van der Waals surface area contributed by atoms with Crippen LogP contribution < -0.4 is 11.1 Å². The van der Waals surface area contributed by atoms with Crippen molar-refractivity contribution in [3.63, 3.8) is 0 Å². The molecule has 1 aromatic carbocycles. The summed E-state index contributed by atoms with van der Waals surface area (Å²) in [6.07, 6.45) is 3.52. The summed E-state index contributed by atoms with van der Waals surface area (Å²) in [5, 5.41) is 3.48. The number of benzene rings is 1. The molecule has 1 atom stereocenters. The van der Waals surface area contributed by atoms with Crippen LogP contribution in [-0.2, 0) is 13.5 Å². The lowest BCUT2D eigenvalue weighted by Crippen LogP contribution is -2.23. The van der Waals surface area contributed by atoms with Gasteiger partial charge in [0, 0.05) is 13.1 Å². The van der Waals surface area contributed by atoms with Gasteiger partial charge in [0.15, 0.2) is 5.58 Å². The fourth-order valence-corrected chi connectivity index (χ4v) is 2.51. The number of nitrogens with zero attached hydrogens (tertiary/aromatic N) is 1. The van der Waals surface area contributed by atoms with Crippen LogP contribution in [0.3, 0.4) is 0 Å². The first kappa shape index (κ1) is 10.6. The second kappa shape index (κ2) is 4.04. The van der Waals surface area contributed by atoms with Crippen LogP contribution in [0.15, 0.2) is 27.4 Å². The number of rotatable bonds is 2. The van der Waals surface area contributed by atoms with Gasteiger partial charge in [0.25, 0.3) is 0 Å². The number of oxazole rings is 1. The maximum Gasteiger partial charge on any atom is 0.419 e. The lowest BCUT2D eigenvalue weighted by atomic mass is 10.0. The van der Waals surface area contributed by atoms with Crippen LogP contribution in [0.2, 0.25) is 0 Å². The van der Waals surface area contributed by atoms with Gasteiger partial charge in [0.1, 0.15) is 0 Å². The lowest BCUT2D eigenvalue weighted by Gasteiger charge is -2.09. The summed E-state index contributed by atoms with van der Waals surface area (Å²) < 4.78 is 6.67. The van der Waals surface area contributed by atoms with Gasteiger partial charge in [-0.1, -0.05) is 6.07 Å². The Morgan fingerprint density at radius 3 is 3.18 bits per heavy atom. The van der Waals surface area contributed by atoms with Crippen LogP contribution >= 0.6 is 0 Å². The maximum atomic E-state index is 11.4. The number of aryl methyl sites for hydroxylation is 1. The van der Waals surface area contributed by atoms with E-state index in [-0.39, 0.29) is 5.76 Å². The normalized spacial score (nSPS) is 20.2. The van der Waals surface area contributed by atoms with Crippen LogP contribution in [0.5, 0.6) is 0 Å². The standard InChI is InChI=1S/C13H16N2O2/c1-15-11-8-9(7-10-3-2-6-14-10)4-5-12(11)17-13(15)16/h4-5,8,10,14H,2-3,6-7H2,1H3. The van der Waals surface area contributed by atoms with Crippen molar-refractivity contribution in [2.24, 2.45) is 7.05 Å². The van der Waals surface area contributed by atoms with E-state index in [4.69, 9.17) is 4.42 Å². The molecule has 4 nitrogen and oxygen atoms in total. The SMILES string of the molecule is Cn1c(=O)oc2ccc(CC3CCCN3)cc21. The van der Waals surface area contributed by atoms with Gasteiger partial charge < -0.3 is 9.73 Å². The minimum absolute atomic E-state index is 0.295. The molecule has 4 heteroatoms. The first-order chi connectivity index (χ1) is 8.24. The Labute approximate surface area is 99.2 Å². The summed E-state index contributed by atoms with van der Waals surface area (Å²) in [6, 6.07) is 6.57. The number of nitrogens with one attached hydrogen (secondary N) is 1. The van der Waals surface area contributed by atoms with E-state index in [0.29, 0.717) is 11.6 Å². The molecule has 1 aliphatic rings. The smallest absolute Gasteiger partial charge is 0.408 e. The molecule has 1 unspecified atom stereocenters. The molecule has 0 saturated carbocycles. The molecule has 0 aliphatic carbocycles. The van der Waals surface area contributed by atoms with Crippen LogP contribution in [0.4, 0.5) is 0 Å². The maximum absolute atomic E-state index is 11.4. The first-order valence-corrected chi connectivity index (χ1v) is 6.06. The highest BCUT2D eigenvalue weighted by atomic mass is 16.4. The van der Waals surface area contributed by atoms with Crippen molar-refractivity contribution in [1.82, 2.24) is 9.88 Å². The third-order valence-corrected chi connectivity index (χ3v) is 3.50. The van der Waals surface area contributed by atoms with Crippen molar-refractivity contribution in [1.29, 1.82) is 0 Å². The van der Waals surface area contributed by atoms with Crippen LogP contribution in [0.25, 0.3) is 11.1 Å². The van der Waals surface area contributed by atoms with Crippen molar-refractivity contribution in [3.8, 4) is 0 Å². The monoisotopic (exact) mass is 232 g/mol. The van der Waals surface area contributed by atoms with E-state index >= 15 is 0 Å². The van der Waals surface area contributed by atoms with Gasteiger partial charge in [-0.15, -0.1) is 0 Å². The zero-order valence-electron chi connectivity index (χ0n) is 9.90. The minimum atomic E-state index is -0.295. The Kier molecular flexibility index (Phi) is 2.52. The van der Waals surface area contributed by atoms with Crippen LogP contribution in [-0.4, -0.2) is 17.2 Å². The molecule has 3 rings (SSSR count). The van der Waals surface area contributed by atoms with Crippen molar-refractivity contribution in [3.05, 3.63) is 34.3 Å². The molecule has 1 N–H and O–H groups in total. The molecule has 0 bridgehead atoms. The number of fused-ring (bicyclic) bond motifs is 1. The largest absolute Gasteiger partial charge is 0.419 e. The summed E-state index contributed by atoms with van der Waals surface area (Å²) in [5.41, 5.74) is 2.81. The molecule has 2 heterocycles. The van der Waals surface area contributed by atoms with Crippen molar-refractivity contribution in [2.45, 2.75) is 25.3 Å². The van der Waals surface area contributed by atoms with Crippen LogP contribution in [0, 0.1) is 0 Å². The van der Waals surface area contributed by atoms with Crippen molar-refractivity contribution < 1.29 is 4.42 Å². The average molecular weight is 232 g/mol. The van der Waals surface area contributed by atoms with Gasteiger partial charge in [0.05, 0.1) is 5.52 Å². The van der Waals surface area contributed by atoms with Gasteiger partial charge in [-0.2, -0.15) is 0 Å². The number of hydrogen-bond acceptors (Lipinski definition) is 3. The fraction of sp³-hybridized carbons (Fsp3) is 0.462. The molecule has 0 spiro atoms. The Morgan fingerprint density at radius 2 is 2.41 bits per heavy atom. The summed E-state index contributed by atoms with van der Waals surface area (Å²) in [5.74, 6) is -0.295. The summed E-state index contributed by atoms with van der Waals surface area (Å²) >= 11 is 0. The lowest BCUT2D eigenvalue weighted by molar-refractivity contribution is 0.528. The molecule has 2 aromatic rings. The quantitative estimate of drug-likeness (QED) is 0.852.